The first-order valence-corrected chi connectivity index (χ1v) is 9.71. The summed E-state index contributed by atoms with van der Waals surface area (Å²) in [6.45, 7) is 0.467. The molecule has 0 amide bonds. The highest BCUT2D eigenvalue weighted by atomic mass is 19.1. The maximum Gasteiger partial charge on any atom is 0.341 e. The minimum absolute atomic E-state index is 0.127. The van der Waals surface area contributed by atoms with Gasteiger partial charge in [-0.3, -0.25) is 4.79 Å². The molecule has 3 aliphatic rings. The molecule has 1 aromatic heterocycles. The zero-order chi connectivity index (χ0) is 21.4. The van der Waals surface area contributed by atoms with Gasteiger partial charge < -0.3 is 26.0 Å². The van der Waals surface area contributed by atoms with Gasteiger partial charge in [0.1, 0.15) is 11.3 Å². The largest absolute Gasteiger partial charge is 0.477 e. The molecule has 9 heteroatoms. The Hall–Kier alpha value is -3.20. The molecule has 0 bridgehead atoms. The Morgan fingerprint density at radius 2 is 1.97 bits per heavy atom. The number of benzene rings is 1. The van der Waals surface area contributed by atoms with E-state index in [9.17, 15) is 14.7 Å². The number of aromatic nitrogens is 1. The van der Waals surface area contributed by atoms with E-state index < -0.39 is 45.2 Å². The van der Waals surface area contributed by atoms with Gasteiger partial charge in [0.25, 0.3) is 0 Å². The number of rotatable bonds is 3. The van der Waals surface area contributed by atoms with Gasteiger partial charge in [0.15, 0.2) is 11.6 Å². The number of nitrogens with two attached hydrogens (primary N) is 2. The van der Waals surface area contributed by atoms with E-state index in [1.165, 1.54) is 9.47 Å². The monoisotopic (exact) mass is 414 g/mol. The number of nitrogens with zero attached hydrogens (tertiary/aromatic N) is 2. The predicted octanol–water partition coefficient (Wildman–Crippen LogP) is 2.15. The molecule has 2 atom stereocenters. The van der Waals surface area contributed by atoms with Gasteiger partial charge in [0.05, 0.1) is 22.1 Å². The van der Waals surface area contributed by atoms with E-state index in [1.54, 1.807) is 6.08 Å². The molecule has 5 rings (SSSR count). The number of carboxylic acids is 1. The van der Waals surface area contributed by atoms with Crippen molar-refractivity contribution < 1.29 is 18.7 Å². The summed E-state index contributed by atoms with van der Waals surface area (Å²) in [5.74, 6) is -3.59. The lowest BCUT2D eigenvalue weighted by Gasteiger charge is -2.27. The SMILES string of the molecule is Nc1c(F)c(N2CC3C=CC=CC3(N)C2)c(F)c2c1c(=O)c(C(=O)O)cn2C1CC1. The second-order valence-corrected chi connectivity index (χ2v) is 8.27. The Morgan fingerprint density at radius 1 is 1.23 bits per heavy atom. The van der Waals surface area contributed by atoms with Crippen LogP contribution in [0.3, 0.4) is 0 Å². The molecule has 2 unspecified atom stereocenters. The van der Waals surface area contributed by atoms with Crippen LogP contribution in [0.1, 0.15) is 29.2 Å². The molecule has 2 fully saturated rings. The lowest BCUT2D eigenvalue weighted by Crippen LogP contribution is -2.46. The van der Waals surface area contributed by atoms with Crippen LogP contribution in [0.5, 0.6) is 0 Å². The summed E-state index contributed by atoms with van der Waals surface area (Å²) in [5, 5.41) is 8.95. The lowest BCUT2D eigenvalue weighted by molar-refractivity contribution is 0.0695. The average molecular weight is 414 g/mol. The number of hydrogen-bond donors (Lipinski definition) is 3. The van der Waals surface area contributed by atoms with Crippen LogP contribution in [-0.4, -0.2) is 34.3 Å². The molecule has 2 heterocycles. The van der Waals surface area contributed by atoms with Crippen LogP contribution in [0, 0.1) is 17.6 Å². The van der Waals surface area contributed by atoms with Gasteiger partial charge >= 0.3 is 5.97 Å². The van der Waals surface area contributed by atoms with Crippen molar-refractivity contribution in [1.82, 2.24) is 4.57 Å². The molecule has 1 aliphatic heterocycles. The van der Waals surface area contributed by atoms with E-state index in [0.29, 0.717) is 12.8 Å². The average Bonchev–Trinajstić information content (AvgIpc) is 3.47. The Balaban J connectivity index is 1.78. The number of carbonyl (C=O) groups is 1. The van der Waals surface area contributed by atoms with E-state index in [1.807, 2.05) is 18.2 Å². The van der Waals surface area contributed by atoms with Crippen molar-refractivity contribution >= 4 is 28.2 Å². The number of pyridine rings is 1. The quantitative estimate of drug-likeness (QED) is 0.663. The normalized spacial score (nSPS) is 25.2. The fraction of sp³-hybridized carbons (Fsp3) is 0.333. The Morgan fingerprint density at radius 3 is 2.60 bits per heavy atom. The van der Waals surface area contributed by atoms with Crippen LogP contribution in [0.15, 0.2) is 35.3 Å². The van der Waals surface area contributed by atoms with E-state index in [-0.39, 0.29) is 36.3 Å². The summed E-state index contributed by atoms with van der Waals surface area (Å²) in [6, 6.07) is -0.161. The van der Waals surface area contributed by atoms with E-state index in [0.717, 1.165) is 6.20 Å². The maximum absolute atomic E-state index is 15.8. The summed E-state index contributed by atoms with van der Waals surface area (Å²) in [6.07, 6.45) is 9.91. The van der Waals surface area contributed by atoms with Crippen LogP contribution in [0.4, 0.5) is 20.2 Å². The number of carboxylic acid groups (broad SMARTS) is 1. The first kappa shape index (κ1) is 18.8. The molecule has 1 saturated heterocycles. The predicted molar refractivity (Wildman–Crippen MR) is 109 cm³/mol. The summed E-state index contributed by atoms with van der Waals surface area (Å²) in [4.78, 5) is 25.8. The lowest BCUT2D eigenvalue weighted by atomic mass is 9.85. The van der Waals surface area contributed by atoms with Gasteiger partial charge in [-0.2, -0.15) is 0 Å². The van der Waals surface area contributed by atoms with E-state index in [2.05, 4.69) is 0 Å². The summed E-state index contributed by atoms with van der Waals surface area (Å²) in [7, 11) is 0. The number of nitrogen functional groups attached to an aromatic ring is 1. The van der Waals surface area contributed by atoms with Crippen LogP contribution in [0.2, 0.25) is 0 Å². The summed E-state index contributed by atoms with van der Waals surface area (Å²) >= 11 is 0. The topological polar surface area (TPSA) is 115 Å². The van der Waals surface area contributed by atoms with Crippen molar-refractivity contribution in [2.45, 2.75) is 24.4 Å². The third-order valence-electron chi connectivity index (χ3n) is 6.28. The molecule has 156 valence electrons. The molecule has 0 spiro atoms. The Labute approximate surface area is 169 Å². The molecule has 2 aliphatic carbocycles. The highest BCUT2D eigenvalue weighted by molar-refractivity contribution is 5.99. The first-order valence-electron chi connectivity index (χ1n) is 9.71. The maximum atomic E-state index is 15.8. The van der Waals surface area contributed by atoms with Crippen molar-refractivity contribution in [2.75, 3.05) is 23.7 Å². The van der Waals surface area contributed by atoms with Crippen molar-refractivity contribution in [3.63, 3.8) is 0 Å². The van der Waals surface area contributed by atoms with Gasteiger partial charge in [-0.1, -0.05) is 24.3 Å². The zero-order valence-corrected chi connectivity index (χ0v) is 15.9. The summed E-state index contributed by atoms with van der Waals surface area (Å²) < 4.78 is 32.5. The van der Waals surface area contributed by atoms with Gasteiger partial charge in [0.2, 0.25) is 5.43 Å². The van der Waals surface area contributed by atoms with Crippen LogP contribution in [0.25, 0.3) is 10.9 Å². The van der Waals surface area contributed by atoms with Crippen LogP contribution in [-0.2, 0) is 0 Å². The van der Waals surface area contributed by atoms with E-state index >= 15 is 8.78 Å². The van der Waals surface area contributed by atoms with Gasteiger partial charge in [-0.15, -0.1) is 0 Å². The standard InChI is InChI=1S/C21H20F2N4O3/c22-14-16(24)13-17(27(11-4-5-11)8-12(19(13)28)20(29)30)15(23)18(14)26-7-10-3-1-2-6-21(10,25)9-26/h1-3,6,8,10-11H,4-5,7,9,24-25H2,(H,29,30). The van der Waals surface area contributed by atoms with Crippen molar-refractivity contribution in [2.24, 2.45) is 11.7 Å². The van der Waals surface area contributed by atoms with Gasteiger partial charge in [0, 0.05) is 31.2 Å². The number of allylic oxidation sites excluding steroid dienone is 2. The molecular weight excluding hydrogens is 394 g/mol. The third-order valence-corrected chi connectivity index (χ3v) is 6.28. The van der Waals surface area contributed by atoms with Crippen LogP contribution < -0.4 is 21.8 Å². The van der Waals surface area contributed by atoms with E-state index in [4.69, 9.17) is 11.5 Å². The second kappa shape index (κ2) is 6.15. The highest BCUT2D eigenvalue weighted by Crippen LogP contribution is 2.43. The second-order valence-electron chi connectivity index (χ2n) is 8.27. The van der Waals surface area contributed by atoms with Crippen molar-refractivity contribution in [3.8, 4) is 0 Å². The molecule has 1 aromatic carbocycles. The third kappa shape index (κ3) is 2.51. The van der Waals surface area contributed by atoms with Gasteiger partial charge in [-0.05, 0) is 12.8 Å². The van der Waals surface area contributed by atoms with Crippen LogP contribution >= 0.6 is 0 Å². The number of anilines is 2. The Bertz CT molecular complexity index is 1230. The fourth-order valence-corrected chi connectivity index (χ4v) is 4.56. The smallest absolute Gasteiger partial charge is 0.341 e. The molecule has 7 nitrogen and oxygen atoms in total. The minimum Gasteiger partial charge on any atom is -0.477 e. The number of hydrogen-bond acceptors (Lipinski definition) is 5. The molecule has 30 heavy (non-hydrogen) atoms. The highest BCUT2D eigenvalue weighted by Gasteiger charge is 2.44. The Kier molecular flexibility index (Phi) is 3.85. The minimum atomic E-state index is -1.46. The van der Waals surface area contributed by atoms with Gasteiger partial charge in [-0.25, -0.2) is 13.6 Å². The molecule has 5 N–H and O–H groups in total. The first-order chi connectivity index (χ1) is 14.2. The van der Waals surface area contributed by atoms with Crippen molar-refractivity contribution in [1.29, 1.82) is 0 Å². The number of halogens is 2. The zero-order valence-electron chi connectivity index (χ0n) is 15.9. The molecule has 0 radical (unpaired) electrons. The van der Waals surface area contributed by atoms with Crippen molar-refractivity contribution in [3.05, 3.63) is 57.9 Å². The number of fused-ring (bicyclic) bond motifs is 2. The number of aromatic carboxylic acids is 1. The fourth-order valence-electron chi connectivity index (χ4n) is 4.56. The molecule has 2 aromatic rings. The molecule has 1 saturated carbocycles. The summed E-state index contributed by atoms with van der Waals surface area (Å²) in [5.41, 5.74) is 9.04. The molecular formula is C21H20F2N4O3.